The number of nitrogens with one attached hydrogen (secondary N) is 2. The largest absolute Gasteiger partial charge is 0.472 e. The summed E-state index contributed by atoms with van der Waals surface area (Å²) in [5.41, 5.74) is 2.15. The van der Waals surface area contributed by atoms with Crippen molar-refractivity contribution >= 4 is 34.0 Å². The van der Waals surface area contributed by atoms with Gasteiger partial charge in [0.15, 0.2) is 6.61 Å². The molecule has 2 heterocycles. The minimum atomic E-state index is -2.66. The highest BCUT2D eigenvalue weighted by molar-refractivity contribution is 6.30. The summed E-state index contributed by atoms with van der Waals surface area (Å²) in [6, 6.07) is 9.59. The van der Waals surface area contributed by atoms with Crippen molar-refractivity contribution in [3.8, 4) is 17.0 Å². The molecule has 0 fully saturated rings. The lowest BCUT2D eigenvalue weighted by Crippen LogP contribution is -2.25. The van der Waals surface area contributed by atoms with Crippen LogP contribution in [0, 0.1) is 5.41 Å². The van der Waals surface area contributed by atoms with Gasteiger partial charge in [-0.05, 0) is 42.0 Å². The average molecular weight is 470 g/mol. The van der Waals surface area contributed by atoms with Crippen molar-refractivity contribution in [2.45, 2.75) is 6.43 Å². The SMILES string of the molecule is CN/C=C1/C=C(n2nc3ccc(OCC(F)F)nc3c(-c3ccc(Cl)cc3)c2=O)C=CC1=N. The summed E-state index contributed by atoms with van der Waals surface area (Å²) in [4.78, 5) is 17.9. The Bertz CT molecular complexity index is 1380. The van der Waals surface area contributed by atoms with Gasteiger partial charge in [0, 0.05) is 29.9 Å². The van der Waals surface area contributed by atoms with Gasteiger partial charge in [-0.3, -0.25) is 4.79 Å². The zero-order valence-corrected chi connectivity index (χ0v) is 18.1. The molecule has 0 saturated carbocycles. The summed E-state index contributed by atoms with van der Waals surface area (Å²) in [5, 5.41) is 15.8. The number of aromatic nitrogens is 3. The summed E-state index contributed by atoms with van der Waals surface area (Å²) in [6.07, 6.45) is 3.84. The van der Waals surface area contributed by atoms with E-state index in [0.29, 0.717) is 27.4 Å². The molecule has 0 atom stereocenters. The number of alkyl halides is 2. The third kappa shape index (κ3) is 4.68. The molecule has 168 valence electrons. The lowest BCUT2D eigenvalue weighted by molar-refractivity contribution is 0.0798. The van der Waals surface area contributed by atoms with E-state index in [4.69, 9.17) is 21.7 Å². The second-order valence-electron chi connectivity index (χ2n) is 7.02. The first-order valence-corrected chi connectivity index (χ1v) is 10.2. The number of nitrogens with zero attached hydrogens (tertiary/aromatic N) is 3. The molecule has 0 aliphatic heterocycles. The fourth-order valence-electron chi connectivity index (χ4n) is 3.30. The van der Waals surface area contributed by atoms with Crippen LogP contribution in [0.4, 0.5) is 8.78 Å². The van der Waals surface area contributed by atoms with Crippen molar-refractivity contribution in [3.63, 3.8) is 0 Å². The van der Waals surface area contributed by atoms with Gasteiger partial charge in [-0.25, -0.2) is 13.8 Å². The van der Waals surface area contributed by atoms with Crippen LogP contribution < -0.4 is 15.6 Å². The minimum Gasteiger partial charge on any atom is -0.472 e. The van der Waals surface area contributed by atoms with Crippen LogP contribution in [0.3, 0.4) is 0 Å². The second-order valence-corrected chi connectivity index (χ2v) is 7.46. The van der Waals surface area contributed by atoms with Crippen LogP contribution >= 0.6 is 11.6 Å². The van der Waals surface area contributed by atoms with Crippen LogP contribution in [0.1, 0.15) is 0 Å². The predicted octanol–water partition coefficient (Wildman–Crippen LogP) is 4.29. The molecule has 0 bridgehead atoms. The summed E-state index contributed by atoms with van der Waals surface area (Å²) >= 11 is 6.01. The standard InChI is InChI=1S/C23H18ClF2N5O2/c1-28-11-14-10-16(6-7-17(14)27)31-23(32)21(13-2-4-15(24)5-3-13)22-18(30-31)8-9-20(29-22)33-12-19(25)26/h2-11,19,27-28H,12H2,1H3/b14-11-,27-17?. The van der Waals surface area contributed by atoms with Gasteiger partial charge < -0.3 is 15.5 Å². The molecular weight excluding hydrogens is 452 g/mol. The smallest absolute Gasteiger partial charge is 0.281 e. The van der Waals surface area contributed by atoms with Gasteiger partial charge >= 0.3 is 0 Å². The van der Waals surface area contributed by atoms with Crippen LogP contribution in [-0.4, -0.2) is 40.6 Å². The zero-order valence-electron chi connectivity index (χ0n) is 17.3. The Hall–Kier alpha value is -3.85. The number of hydrogen-bond acceptors (Lipinski definition) is 6. The summed E-state index contributed by atoms with van der Waals surface area (Å²) in [6.45, 7) is -0.816. The molecular formula is C23H18ClF2N5O2. The molecule has 1 aliphatic carbocycles. The fraction of sp³-hybridized carbons (Fsp3) is 0.130. The Morgan fingerprint density at radius 2 is 1.97 bits per heavy atom. The quantitative estimate of drug-likeness (QED) is 0.562. The maximum atomic E-state index is 13.6. The number of benzene rings is 1. The number of halogens is 3. The lowest BCUT2D eigenvalue weighted by atomic mass is 10.0. The van der Waals surface area contributed by atoms with E-state index in [9.17, 15) is 13.6 Å². The number of allylic oxidation sites excluding steroid dienone is 5. The molecule has 3 aromatic rings. The third-order valence-electron chi connectivity index (χ3n) is 4.77. The summed E-state index contributed by atoms with van der Waals surface area (Å²) in [5.74, 6) is -0.0403. The van der Waals surface area contributed by atoms with Crippen molar-refractivity contribution in [2.75, 3.05) is 13.7 Å². The van der Waals surface area contributed by atoms with Crippen LogP contribution in [0.25, 0.3) is 27.9 Å². The van der Waals surface area contributed by atoms with E-state index in [1.54, 1.807) is 61.8 Å². The lowest BCUT2D eigenvalue weighted by Gasteiger charge is -2.15. The second kappa shape index (κ2) is 9.33. The van der Waals surface area contributed by atoms with Gasteiger partial charge in [0.25, 0.3) is 12.0 Å². The Labute approximate surface area is 192 Å². The van der Waals surface area contributed by atoms with Crippen molar-refractivity contribution < 1.29 is 13.5 Å². The number of ether oxygens (including phenoxy) is 1. The molecule has 7 nitrogen and oxygen atoms in total. The van der Waals surface area contributed by atoms with Crippen molar-refractivity contribution in [1.82, 2.24) is 20.1 Å². The van der Waals surface area contributed by atoms with Crippen molar-refractivity contribution in [2.24, 2.45) is 0 Å². The highest BCUT2D eigenvalue weighted by Gasteiger charge is 2.19. The van der Waals surface area contributed by atoms with E-state index in [0.717, 1.165) is 0 Å². The molecule has 2 aromatic heterocycles. The van der Waals surface area contributed by atoms with Gasteiger partial charge in [-0.2, -0.15) is 9.78 Å². The molecule has 0 saturated heterocycles. The van der Waals surface area contributed by atoms with Crippen molar-refractivity contribution in [1.29, 1.82) is 5.41 Å². The molecule has 0 unspecified atom stereocenters. The van der Waals surface area contributed by atoms with Crippen LogP contribution in [0.5, 0.6) is 5.88 Å². The Kier molecular flexibility index (Phi) is 6.32. The molecule has 10 heteroatoms. The van der Waals surface area contributed by atoms with E-state index in [-0.39, 0.29) is 22.7 Å². The van der Waals surface area contributed by atoms with Gasteiger partial charge in [-0.1, -0.05) is 23.7 Å². The number of fused-ring (bicyclic) bond motifs is 1. The summed E-state index contributed by atoms with van der Waals surface area (Å²) in [7, 11) is 1.71. The maximum Gasteiger partial charge on any atom is 0.281 e. The predicted molar refractivity (Wildman–Crippen MR) is 124 cm³/mol. The van der Waals surface area contributed by atoms with E-state index in [1.807, 2.05) is 0 Å². The first-order chi connectivity index (χ1) is 15.9. The molecule has 0 radical (unpaired) electrons. The number of pyridine rings is 1. The van der Waals surface area contributed by atoms with Crippen LogP contribution in [0.2, 0.25) is 5.02 Å². The normalized spacial score (nSPS) is 14.8. The van der Waals surface area contributed by atoms with Crippen LogP contribution in [0.15, 0.2) is 71.2 Å². The fourth-order valence-corrected chi connectivity index (χ4v) is 3.42. The third-order valence-corrected chi connectivity index (χ3v) is 5.02. The Balaban J connectivity index is 1.95. The molecule has 4 rings (SSSR count). The van der Waals surface area contributed by atoms with E-state index < -0.39 is 18.6 Å². The number of rotatable bonds is 6. The highest BCUT2D eigenvalue weighted by Crippen LogP contribution is 2.27. The van der Waals surface area contributed by atoms with Gasteiger partial charge in [0.2, 0.25) is 5.88 Å². The summed E-state index contributed by atoms with van der Waals surface area (Å²) < 4.78 is 31.4. The van der Waals surface area contributed by atoms with E-state index >= 15 is 0 Å². The highest BCUT2D eigenvalue weighted by atomic mass is 35.5. The molecule has 33 heavy (non-hydrogen) atoms. The minimum absolute atomic E-state index is 0.0403. The molecule has 0 amide bonds. The average Bonchev–Trinajstić information content (AvgIpc) is 2.80. The molecule has 2 N–H and O–H groups in total. The Morgan fingerprint density at radius 3 is 2.67 bits per heavy atom. The van der Waals surface area contributed by atoms with Crippen LogP contribution in [-0.2, 0) is 0 Å². The van der Waals surface area contributed by atoms with E-state index in [2.05, 4.69) is 15.4 Å². The van der Waals surface area contributed by atoms with Gasteiger partial charge in [0.05, 0.1) is 17.0 Å². The molecule has 1 aliphatic rings. The monoisotopic (exact) mass is 469 g/mol. The Morgan fingerprint density at radius 1 is 1.21 bits per heavy atom. The first-order valence-electron chi connectivity index (χ1n) is 9.85. The number of hydrogen-bond donors (Lipinski definition) is 2. The van der Waals surface area contributed by atoms with E-state index in [1.165, 1.54) is 10.7 Å². The van der Waals surface area contributed by atoms with Gasteiger partial charge in [-0.15, -0.1) is 0 Å². The topological polar surface area (TPSA) is 92.9 Å². The zero-order chi connectivity index (χ0) is 23.5. The molecule has 1 aromatic carbocycles. The first kappa shape index (κ1) is 22.3. The molecule has 0 spiro atoms. The maximum absolute atomic E-state index is 13.6. The van der Waals surface area contributed by atoms with Gasteiger partial charge in [0.1, 0.15) is 11.0 Å². The van der Waals surface area contributed by atoms with Crippen molar-refractivity contribution in [3.05, 3.63) is 81.8 Å².